The number of piperazine rings is 1. The van der Waals surface area contributed by atoms with Crippen molar-refractivity contribution in [3.05, 3.63) is 77.1 Å². The number of aliphatic hydroxyl groups is 1. The Morgan fingerprint density at radius 1 is 1.14 bits per heavy atom. The average Bonchev–Trinajstić information content (AvgIpc) is 2.67. The number of nitrogens with zero attached hydrogens (tertiary/aromatic N) is 2. The number of carbonyl (C=O) groups excluding carboxylic acids is 1. The van der Waals surface area contributed by atoms with Gasteiger partial charge in [-0.1, -0.05) is 48.6 Å². The van der Waals surface area contributed by atoms with Crippen LogP contribution in [0.2, 0.25) is 0 Å². The van der Waals surface area contributed by atoms with Gasteiger partial charge in [0.1, 0.15) is 5.82 Å². The number of halogens is 1. The van der Waals surface area contributed by atoms with E-state index in [4.69, 9.17) is 0 Å². The van der Waals surface area contributed by atoms with E-state index in [0.29, 0.717) is 13.1 Å². The molecule has 2 aliphatic heterocycles. The third kappa shape index (κ3) is 3.48. The van der Waals surface area contributed by atoms with Crippen molar-refractivity contribution in [2.24, 2.45) is 0 Å². The average molecular weight is 380 g/mol. The van der Waals surface area contributed by atoms with E-state index < -0.39 is 0 Å². The third-order valence-electron chi connectivity index (χ3n) is 5.82. The molecule has 2 fully saturated rings. The number of benzene rings is 2. The second-order valence-corrected chi connectivity index (χ2v) is 7.61. The zero-order valence-corrected chi connectivity index (χ0v) is 16.0. The fourth-order valence-electron chi connectivity index (χ4n) is 4.56. The first-order valence-electron chi connectivity index (χ1n) is 9.72. The molecule has 2 saturated heterocycles. The van der Waals surface area contributed by atoms with Gasteiger partial charge in [0.15, 0.2) is 0 Å². The van der Waals surface area contributed by atoms with Gasteiger partial charge in [0.2, 0.25) is 5.91 Å². The molecule has 0 saturated carbocycles. The lowest BCUT2D eigenvalue weighted by atomic mass is 9.73. The Kier molecular flexibility index (Phi) is 5.29. The molecule has 1 N–H and O–H groups in total. The van der Waals surface area contributed by atoms with Crippen LogP contribution in [0.4, 0.5) is 4.39 Å². The lowest BCUT2D eigenvalue weighted by Crippen LogP contribution is -2.72. The van der Waals surface area contributed by atoms with Gasteiger partial charge in [-0.05, 0) is 35.7 Å². The molecule has 146 valence electrons. The van der Waals surface area contributed by atoms with Gasteiger partial charge in [0, 0.05) is 19.0 Å². The Hall–Kier alpha value is -2.50. The molecule has 3 atom stereocenters. The zero-order chi connectivity index (χ0) is 19.7. The van der Waals surface area contributed by atoms with Crippen LogP contribution in [-0.2, 0) is 11.3 Å². The van der Waals surface area contributed by atoms with Crippen LogP contribution < -0.4 is 0 Å². The predicted molar refractivity (Wildman–Crippen MR) is 107 cm³/mol. The van der Waals surface area contributed by atoms with Gasteiger partial charge in [-0.2, -0.15) is 0 Å². The van der Waals surface area contributed by atoms with Gasteiger partial charge in [-0.25, -0.2) is 4.39 Å². The highest BCUT2D eigenvalue weighted by Crippen LogP contribution is 2.43. The molecule has 4 rings (SSSR count). The van der Waals surface area contributed by atoms with Crippen LogP contribution in [0.1, 0.15) is 29.5 Å². The van der Waals surface area contributed by atoms with Gasteiger partial charge in [0.25, 0.3) is 0 Å². The van der Waals surface area contributed by atoms with Crippen LogP contribution in [-0.4, -0.2) is 52.6 Å². The minimum Gasteiger partial charge on any atom is -0.394 e. The molecule has 2 aromatic rings. The summed E-state index contributed by atoms with van der Waals surface area (Å²) >= 11 is 0. The van der Waals surface area contributed by atoms with E-state index in [9.17, 15) is 14.3 Å². The van der Waals surface area contributed by atoms with Crippen LogP contribution in [0.15, 0.2) is 54.6 Å². The van der Waals surface area contributed by atoms with Crippen molar-refractivity contribution in [2.75, 3.05) is 19.7 Å². The Morgan fingerprint density at radius 3 is 2.50 bits per heavy atom. The molecule has 0 aliphatic carbocycles. The predicted octanol–water partition coefficient (Wildman–Crippen LogP) is 3.03. The lowest BCUT2D eigenvalue weighted by Gasteiger charge is -2.59. The van der Waals surface area contributed by atoms with E-state index in [2.05, 4.69) is 35.2 Å². The first-order chi connectivity index (χ1) is 13.6. The van der Waals surface area contributed by atoms with Gasteiger partial charge in [0.05, 0.1) is 25.2 Å². The first kappa shape index (κ1) is 18.8. The second kappa shape index (κ2) is 7.86. The topological polar surface area (TPSA) is 43.8 Å². The molecule has 28 heavy (non-hydrogen) atoms. The molecule has 2 aliphatic rings. The largest absolute Gasteiger partial charge is 0.394 e. The maximum Gasteiger partial charge on any atom is 0.237 e. The summed E-state index contributed by atoms with van der Waals surface area (Å²) in [7, 11) is 0. The summed E-state index contributed by atoms with van der Waals surface area (Å²) in [6.07, 6.45) is 4.05. The Labute approximate surface area is 164 Å². The maximum absolute atomic E-state index is 13.1. The molecule has 0 unspecified atom stereocenters. The van der Waals surface area contributed by atoms with Crippen molar-refractivity contribution >= 4 is 12.0 Å². The van der Waals surface area contributed by atoms with Gasteiger partial charge in [-0.15, -0.1) is 0 Å². The van der Waals surface area contributed by atoms with E-state index in [0.717, 1.165) is 23.2 Å². The molecule has 0 aromatic heterocycles. The molecule has 2 aromatic carbocycles. The molecule has 0 bridgehead atoms. The summed E-state index contributed by atoms with van der Waals surface area (Å²) < 4.78 is 13.1. The maximum atomic E-state index is 13.1. The normalized spacial score (nSPS) is 25.0. The summed E-state index contributed by atoms with van der Waals surface area (Å²) in [6.45, 7) is 3.66. The molecule has 2 heterocycles. The van der Waals surface area contributed by atoms with E-state index in [1.807, 2.05) is 17.9 Å². The molecule has 5 heteroatoms. The van der Waals surface area contributed by atoms with Gasteiger partial charge in [-0.3, -0.25) is 9.69 Å². The molecule has 0 radical (unpaired) electrons. The van der Waals surface area contributed by atoms with Crippen molar-refractivity contribution in [1.29, 1.82) is 0 Å². The number of rotatable bonds is 5. The molecule has 0 spiro atoms. The summed E-state index contributed by atoms with van der Waals surface area (Å²) in [6, 6.07) is 14.7. The second-order valence-electron chi connectivity index (χ2n) is 7.61. The number of allylic oxidation sites excluding steroid dienone is 1. The fraction of sp³-hybridized carbons (Fsp3) is 0.348. The number of hydrogen-bond acceptors (Lipinski definition) is 3. The number of hydrogen-bond donors (Lipinski definition) is 1. The van der Waals surface area contributed by atoms with Crippen LogP contribution in [0.25, 0.3) is 6.08 Å². The highest BCUT2D eigenvalue weighted by atomic mass is 19.1. The summed E-state index contributed by atoms with van der Waals surface area (Å²) in [5.41, 5.74) is 3.29. The van der Waals surface area contributed by atoms with Gasteiger partial charge >= 0.3 is 0 Å². The Bertz CT molecular complexity index is 863. The Morgan fingerprint density at radius 2 is 1.86 bits per heavy atom. The summed E-state index contributed by atoms with van der Waals surface area (Å²) in [5, 5.41) is 9.89. The summed E-state index contributed by atoms with van der Waals surface area (Å²) in [5.74, 6) is -0.0697. The number of amides is 1. The van der Waals surface area contributed by atoms with E-state index in [-0.39, 0.29) is 36.3 Å². The van der Waals surface area contributed by atoms with Crippen LogP contribution in [0.5, 0.6) is 0 Å². The SMILES string of the molecule is CC=Cc1ccc([C@@H]2[C@@H](CO)N3C(=O)CN(Cc4ccc(F)cc4)C[C@@H]23)cc1. The number of aliphatic hydroxyl groups excluding tert-OH is 1. The van der Waals surface area contributed by atoms with Crippen molar-refractivity contribution in [3.8, 4) is 0 Å². The molecule has 1 amide bonds. The standard InChI is InChI=1S/C23H25FN2O2/c1-2-3-16-4-8-18(9-5-16)23-20-13-25(12-17-6-10-19(24)11-7-17)14-22(28)26(20)21(23)15-27/h2-11,20-21,23,27H,12-15H2,1H3/t20-,21+,23-/m0/s1. The quantitative estimate of drug-likeness (QED) is 0.867. The Balaban J connectivity index is 1.52. The van der Waals surface area contributed by atoms with Crippen LogP contribution in [0, 0.1) is 5.82 Å². The smallest absolute Gasteiger partial charge is 0.237 e. The van der Waals surface area contributed by atoms with Crippen molar-refractivity contribution < 1.29 is 14.3 Å². The lowest BCUT2D eigenvalue weighted by molar-refractivity contribution is -0.162. The highest BCUT2D eigenvalue weighted by Gasteiger charge is 2.53. The van der Waals surface area contributed by atoms with Crippen molar-refractivity contribution in [1.82, 2.24) is 9.80 Å². The monoisotopic (exact) mass is 380 g/mol. The first-order valence-corrected chi connectivity index (χ1v) is 9.72. The number of carbonyl (C=O) groups is 1. The highest BCUT2D eigenvalue weighted by molar-refractivity contribution is 5.81. The molecular formula is C23H25FN2O2. The van der Waals surface area contributed by atoms with E-state index >= 15 is 0 Å². The van der Waals surface area contributed by atoms with E-state index in [1.54, 1.807) is 12.1 Å². The fourth-order valence-corrected chi connectivity index (χ4v) is 4.56. The minimum absolute atomic E-state index is 0.0263. The van der Waals surface area contributed by atoms with Gasteiger partial charge < -0.3 is 10.0 Å². The van der Waals surface area contributed by atoms with E-state index in [1.165, 1.54) is 12.1 Å². The molecular weight excluding hydrogens is 355 g/mol. The molecule has 4 nitrogen and oxygen atoms in total. The zero-order valence-electron chi connectivity index (χ0n) is 16.0. The van der Waals surface area contributed by atoms with Crippen molar-refractivity contribution in [2.45, 2.75) is 31.5 Å². The number of fused-ring (bicyclic) bond motifs is 1. The van der Waals surface area contributed by atoms with Crippen LogP contribution >= 0.6 is 0 Å². The minimum atomic E-state index is -0.254. The summed E-state index contributed by atoms with van der Waals surface area (Å²) in [4.78, 5) is 16.7. The van der Waals surface area contributed by atoms with Crippen molar-refractivity contribution in [3.63, 3.8) is 0 Å². The van der Waals surface area contributed by atoms with Crippen LogP contribution in [0.3, 0.4) is 0 Å². The third-order valence-corrected chi connectivity index (χ3v) is 5.82.